The van der Waals surface area contributed by atoms with Crippen molar-refractivity contribution in [2.24, 2.45) is 0 Å². The van der Waals surface area contributed by atoms with E-state index in [9.17, 15) is 4.79 Å². The molecule has 0 N–H and O–H groups in total. The Morgan fingerprint density at radius 3 is 2.67 bits per heavy atom. The molecule has 0 aromatic heterocycles. The molecule has 0 radical (unpaired) electrons. The molecule has 0 aliphatic rings. The molecular formula is C12H16O2Te. The minimum atomic E-state index is -0.266. The summed E-state index contributed by atoms with van der Waals surface area (Å²) in [5.41, 5.74) is 0. The van der Waals surface area contributed by atoms with Crippen molar-refractivity contribution in [1.29, 1.82) is 0 Å². The first kappa shape index (κ1) is 12.5. The van der Waals surface area contributed by atoms with E-state index in [1.54, 1.807) is 0 Å². The molecule has 1 rings (SSSR count). The van der Waals surface area contributed by atoms with E-state index < -0.39 is 0 Å². The van der Waals surface area contributed by atoms with Crippen molar-refractivity contribution in [2.45, 2.75) is 24.2 Å². The van der Waals surface area contributed by atoms with Crippen LogP contribution in [0.25, 0.3) is 0 Å². The molecule has 0 aliphatic carbocycles. The van der Waals surface area contributed by atoms with Crippen LogP contribution in [0.5, 0.6) is 0 Å². The molecule has 0 fully saturated rings. The second-order valence-corrected chi connectivity index (χ2v) is 7.57. The Morgan fingerprint density at radius 1 is 1.40 bits per heavy atom. The van der Waals surface area contributed by atoms with E-state index in [4.69, 9.17) is 4.74 Å². The van der Waals surface area contributed by atoms with Crippen LogP contribution >= 0.6 is 0 Å². The number of hydrogen-bond donors (Lipinski definition) is 0. The third kappa shape index (κ3) is 5.20. The van der Waals surface area contributed by atoms with Crippen LogP contribution in [0.3, 0.4) is 0 Å². The Morgan fingerprint density at radius 2 is 2.07 bits per heavy atom. The molecule has 0 amide bonds. The number of rotatable bonds is 5. The van der Waals surface area contributed by atoms with Gasteiger partial charge in [-0.3, -0.25) is 0 Å². The van der Waals surface area contributed by atoms with Gasteiger partial charge in [-0.25, -0.2) is 0 Å². The Hall–Kier alpha value is -0.520. The van der Waals surface area contributed by atoms with Gasteiger partial charge in [-0.2, -0.15) is 0 Å². The first-order valence-electron chi connectivity index (χ1n) is 5.09. The van der Waals surface area contributed by atoms with Crippen LogP contribution in [0.15, 0.2) is 30.3 Å². The Balaban J connectivity index is 2.36. The van der Waals surface area contributed by atoms with Gasteiger partial charge in [0.25, 0.3) is 0 Å². The second kappa shape index (κ2) is 6.87. The number of benzene rings is 1. The van der Waals surface area contributed by atoms with Crippen molar-refractivity contribution in [3.05, 3.63) is 30.3 Å². The normalized spacial score (nSPS) is 12.1. The van der Waals surface area contributed by atoms with Gasteiger partial charge >= 0.3 is 101 Å². The Labute approximate surface area is 101 Å². The van der Waals surface area contributed by atoms with E-state index in [1.165, 1.54) is 3.61 Å². The predicted octanol–water partition coefficient (Wildman–Crippen LogP) is 1.78. The molecule has 2 nitrogen and oxygen atoms in total. The van der Waals surface area contributed by atoms with Gasteiger partial charge in [0.1, 0.15) is 0 Å². The zero-order valence-electron chi connectivity index (χ0n) is 9.10. The molecule has 0 heterocycles. The molecule has 1 aromatic carbocycles. The summed E-state index contributed by atoms with van der Waals surface area (Å²) in [6, 6.07) is 10.4. The van der Waals surface area contributed by atoms with Gasteiger partial charge in [0, 0.05) is 0 Å². The van der Waals surface area contributed by atoms with Crippen LogP contribution in [0, 0.1) is 0 Å². The van der Waals surface area contributed by atoms with Crippen LogP contribution in [0.1, 0.15) is 20.3 Å². The first-order valence-corrected chi connectivity index (χ1v) is 7.60. The third-order valence-corrected chi connectivity index (χ3v) is 5.02. The third-order valence-electron chi connectivity index (χ3n) is 1.84. The van der Waals surface area contributed by atoms with Crippen LogP contribution in [-0.2, 0) is 9.53 Å². The van der Waals surface area contributed by atoms with E-state index in [1.807, 2.05) is 13.0 Å². The molecule has 1 unspecified atom stereocenters. The maximum absolute atomic E-state index is 11.2. The Bertz CT molecular complexity index is 298. The molecule has 82 valence electrons. The second-order valence-electron chi connectivity index (χ2n) is 3.25. The van der Waals surface area contributed by atoms with Gasteiger partial charge in [-0.05, 0) is 0 Å². The van der Waals surface area contributed by atoms with E-state index in [0.717, 1.165) is 0 Å². The maximum atomic E-state index is 11.2. The standard InChI is InChI=1S/C12H16O2Te/c1-3-14-12(13)9-10(2)15-11-7-5-4-6-8-11/h4-8,10H,3,9H2,1-2H3. The van der Waals surface area contributed by atoms with Gasteiger partial charge in [0.2, 0.25) is 0 Å². The molecule has 15 heavy (non-hydrogen) atoms. The summed E-state index contributed by atoms with van der Waals surface area (Å²) in [4.78, 5) is 11.2. The minimum absolute atomic E-state index is 0.0639. The quantitative estimate of drug-likeness (QED) is 0.611. The average Bonchev–Trinajstić information content (AvgIpc) is 2.19. The van der Waals surface area contributed by atoms with Crippen LogP contribution in [-0.4, -0.2) is 33.5 Å². The SMILES string of the molecule is CCOC(=O)CC(C)[Te]c1ccccc1. The fourth-order valence-corrected chi connectivity index (χ4v) is 4.08. The van der Waals surface area contributed by atoms with E-state index in [-0.39, 0.29) is 26.9 Å². The molecule has 0 saturated carbocycles. The van der Waals surface area contributed by atoms with E-state index in [2.05, 4.69) is 31.2 Å². The average molecular weight is 320 g/mol. The summed E-state index contributed by atoms with van der Waals surface area (Å²) in [5.74, 6) is -0.0639. The van der Waals surface area contributed by atoms with Gasteiger partial charge in [0.15, 0.2) is 0 Å². The summed E-state index contributed by atoms with van der Waals surface area (Å²) in [5, 5.41) is 0. The molecule has 0 spiro atoms. The zero-order valence-corrected chi connectivity index (χ0v) is 11.4. The van der Waals surface area contributed by atoms with Gasteiger partial charge in [-0.15, -0.1) is 0 Å². The van der Waals surface area contributed by atoms with Crippen LogP contribution in [0.4, 0.5) is 0 Å². The van der Waals surface area contributed by atoms with Crippen molar-refractivity contribution in [3.8, 4) is 0 Å². The van der Waals surface area contributed by atoms with Crippen LogP contribution in [0.2, 0.25) is 3.97 Å². The van der Waals surface area contributed by atoms with E-state index in [0.29, 0.717) is 17.0 Å². The summed E-state index contributed by atoms with van der Waals surface area (Å²) in [7, 11) is 0. The van der Waals surface area contributed by atoms with Crippen molar-refractivity contribution in [3.63, 3.8) is 0 Å². The molecule has 0 bridgehead atoms. The summed E-state index contributed by atoms with van der Waals surface area (Å²) < 4.78 is 6.80. The van der Waals surface area contributed by atoms with Gasteiger partial charge in [-0.1, -0.05) is 0 Å². The molecule has 1 atom stereocenters. The molecular weight excluding hydrogens is 304 g/mol. The Kier molecular flexibility index (Phi) is 5.75. The number of esters is 1. The summed E-state index contributed by atoms with van der Waals surface area (Å²) in [6.45, 7) is 4.46. The summed E-state index contributed by atoms with van der Waals surface area (Å²) >= 11 is -0.266. The number of ether oxygens (including phenoxy) is 1. The molecule has 0 saturated heterocycles. The monoisotopic (exact) mass is 322 g/mol. The molecule has 0 aliphatic heterocycles. The summed E-state index contributed by atoms with van der Waals surface area (Å²) in [6.07, 6.45) is 0.560. The molecule has 1 aromatic rings. The topological polar surface area (TPSA) is 26.3 Å². The van der Waals surface area contributed by atoms with Crippen molar-refractivity contribution in [1.82, 2.24) is 0 Å². The van der Waals surface area contributed by atoms with E-state index >= 15 is 0 Å². The van der Waals surface area contributed by atoms with Crippen molar-refractivity contribution >= 4 is 30.5 Å². The zero-order chi connectivity index (χ0) is 11.1. The van der Waals surface area contributed by atoms with Gasteiger partial charge < -0.3 is 0 Å². The number of hydrogen-bond acceptors (Lipinski definition) is 2. The fourth-order valence-electron chi connectivity index (χ4n) is 1.23. The predicted molar refractivity (Wildman–Crippen MR) is 62.5 cm³/mol. The molecule has 3 heteroatoms. The van der Waals surface area contributed by atoms with Crippen LogP contribution < -0.4 is 3.61 Å². The number of carbonyl (C=O) groups is 1. The van der Waals surface area contributed by atoms with Crippen molar-refractivity contribution < 1.29 is 9.53 Å². The fraction of sp³-hybridized carbons (Fsp3) is 0.417. The van der Waals surface area contributed by atoms with Crippen molar-refractivity contribution in [2.75, 3.05) is 6.61 Å². The number of carbonyl (C=O) groups excluding carboxylic acids is 1. The van der Waals surface area contributed by atoms with Gasteiger partial charge in [0.05, 0.1) is 0 Å². The first-order chi connectivity index (χ1) is 7.22.